The zero-order valence-corrected chi connectivity index (χ0v) is 14.6. The maximum atomic E-state index is 12.8. The molecular weight excluding hydrogens is 316 g/mol. The third-order valence-corrected chi connectivity index (χ3v) is 5.18. The molecule has 0 radical (unpaired) electrons. The van der Waals surface area contributed by atoms with Crippen molar-refractivity contribution in [2.24, 2.45) is 13.0 Å². The number of carbonyl (C=O) groups excluding carboxylic acids is 1. The lowest BCUT2D eigenvalue weighted by atomic mass is 9.96. The van der Waals surface area contributed by atoms with Crippen molar-refractivity contribution >= 4 is 5.91 Å². The topological polar surface area (TPSA) is 60.2 Å². The monoisotopic (exact) mass is 340 g/mol. The van der Waals surface area contributed by atoms with Gasteiger partial charge in [0, 0.05) is 44.2 Å². The summed E-state index contributed by atoms with van der Waals surface area (Å²) >= 11 is 0. The summed E-state index contributed by atoms with van der Waals surface area (Å²) < 4.78 is 7.64. The third-order valence-electron chi connectivity index (χ3n) is 5.18. The first-order chi connectivity index (χ1) is 12.2. The van der Waals surface area contributed by atoms with Gasteiger partial charge in [-0.1, -0.05) is 0 Å². The molecule has 0 spiro atoms. The molecule has 132 valence electrons. The largest absolute Gasteiger partial charge is 0.474 e. The van der Waals surface area contributed by atoms with Crippen LogP contribution in [-0.4, -0.2) is 44.8 Å². The van der Waals surface area contributed by atoms with Crippen molar-refractivity contribution in [3.05, 3.63) is 41.9 Å². The van der Waals surface area contributed by atoms with E-state index in [1.807, 2.05) is 22.8 Å². The Morgan fingerprint density at radius 1 is 1.36 bits per heavy atom. The van der Waals surface area contributed by atoms with E-state index < -0.39 is 0 Å². The summed E-state index contributed by atoms with van der Waals surface area (Å²) in [5, 5.41) is 4.22. The van der Waals surface area contributed by atoms with Gasteiger partial charge in [0.2, 0.25) is 5.88 Å². The fourth-order valence-corrected chi connectivity index (χ4v) is 3.54. The van der Waals surface area contributed by atoms with Gasteiger partial charge < -0.3 is 9.64 Å². The van der Waals surface area contributed by atoms with Crippen molar-refractivity contribution in [1.29, 1.82) is 0 Å². The molecule has 1 aliphatic carbocycles. The Morgan fingerprint density at radius 2 is 2.24 bits per heavy atom. The van der Waals surface area contributed by atoms with Crippen LogP contribution in [0.2, 0.25) is 0 Å². The summed E-state index contributed by atoms with van der Waals surface area (Å²) in [5.74, 6) is 1.15. The second kappa shape index (κ2) is 6.86. The molecule has 1 saturated heterocycles. The van der Waals surface area contributed by atoms with Crippen molar-refractivity contribution in [3.63, 3.8) is 0 Å². The minimum Gasteiger partial charge on any atom is -0.474 e. The predicted molar refractivity (Wildman–Crippen MR) is 93.4 cm³/mol. The number of aromatic nitrogens is 3. The molecular formula is C19H24N4O2. The number of pyridine rings is 1. The van der Waals surface area contributed by atoms with Gasteiger partial charge >= 0.3 is 0 Å². The molecule has 6 nitrogen and oxygen atoms in total. The normalized spacial score (nSPS) is 20.5. The molecule has 4 rings (SSSR count). The Hall–Kier alpha value is -2.37. The Labute approximate surface area is 147 Å². The molecule has 3 heterocycles. The molecule has 2 aromatic rings. The Balaban J connectivity index is 1.37. The minimum absolute atomic E-state index is 0.0783. The van der Waals surface area contributed by atoms with Crippen molar-refractivity contribution < 1.29 is 9.53 Å². The van der Waals surface area contributed by atoms with E-state index >= 15 is 0 Å². The van der Waals surface area contributed by atoms with Gasteiger partial charge in [-0.05, 0) is 49.7 Å². The van der Waals surface area contributed by atoms with Gasteiger partial charge in [0.15, 0.2) is 0 Å². The van der Waals surface area contributed by atoms with Crippen LogP contribution in [0.15, 0.2) is 30.7 Å². The number of amides is 1. The summed E-state index contributed by atoms with van der Waals surface area (Å²) in [4.78, 5) is 19.0. The zero-order chi connectivity index (χ0) is 17.2. The molecule has 0 aromatic carbocycles. The first-order valence-corrected chi connectivity index (χ1v) is 9.07. The average Bonchev–Trinajstić information content (AvgIpc) is 3.20. The van der Waals surface area contributed by atoms with Crippen molar-refractivity contribution in [1.82, 2.24) is 19.7 Å². The molecule has 0 unspecified atom stereocenters. The number of hydrogen-bond acceptors (Lipinski definition) is 4. The van der Waals surface area contributed by atoms with Crippen molar-refractivity contribution in [2.45, 2.75) is 38.2 Å². The van der Waals surface area contributed by atoms with Crippen molar-refractivity contribution in [3.8, 4) is 5.88 Å². The molecule has 0 bridgehead atoms. The fraction of sp³-hybridized carbons (Fsp3) is 0.526. The highest BCUT2D eigenvalue weighted by Crippen LogP contribution is 2.26. The second-order valence-corrected chi connectivity index (χ2v) is 7.19. The van der Waals surface area contributed by atoms with E-state index in [2.05, 4.69) is 16.3 Å². The van der Waals surface area contributed by atoms with Crippen LogP contribution in [0.25, 0.3) is 0 Å². The maximum absolute atomic E-state index is 12.8. The number of carbonyl (C=O) groups is 1. The summed E-state index contributed by atoms with van der Waals surface area (Å²) in [7, 11) is 1.93. The summed E-state index contributed by atoms with van der Waals surface area (Å²) in [6.07, 6.45) is 11.3. The van der Waals surface area contributed by atoms with E-state index in [0.29, 0.717) is 17.4 Å². The fourth-order valence-electron chi connectivity index (χ4n) is 3.54. The molecule has 1 amide bonds. The molecule has 6 heteroatoms. The van der Waals surface area contributed by atoms with Gasteiger partial charge in [-0.15, -0.1) is 0 Å². The van der Waals surface area contributed by atoms with Crippen LogP contribution in [0, 0.1) is 5.92 Å². The molecule has 2 fully saturated rings. The summed E-state index contributed by atoms with van der Waals surface area (Å²) in [6.45, 7) is 1.61. The van der Waals surface area contributed by atoms with Crippen LogP contribution in [0.5, 0.6) is 5.88 Å². The summed E-state index contributed by atoms with van der Waals surface area (Å²) in [5.41, 5.74) is 1.91. The highest BCUT2D eigenvalue weighted by Gasteiger charge is 2.28. The van der Waals surface area contributed by atoms with Crippen LogP contribution in [0.3, 0.4) is 0 Å². The zero-order valence-electron chi connectivity index (χ0n) is 14.6. The molecule has 1 saturated carbocycles. The van der Waals surface area contributed by atoms with E-state index in [1.165, 1.54) is 12.0 Å². The summed E-state index contributed by atoms with van der Waals surface area (Å²) in [6, 6.07) is 3.57. The van der Waals surface area contributed by atoms with Gasteiger partial charge in [-0.25, -0.2) is 4.98 Å². The highest BCUT2D eigenvalue weighted by atomic mass is 16.5. The van der Waals surface area contributed by atoms with Crippen LogP contribution < -0.4 is 4.74 Å². The molecule has 0 N–H and O–H groups in total. The first-order valence-electron chi connectivity index (χ1n) is 9.07. The Morgan fingerprint density at radius 3 is 2.96 bits per heavy atom. The SMILES string of the molecule is Cn1cc(C[C@H]2CCN(C(=O)c3ccnc(OC4CCC4)c3)C2)cn1. The number of likely N-dealkylation sites (tertiary alicyclic amines) is 1. The molecule has 2 aromatic heterocycles. The van der Waals surface area contributed by atoms with Crippen LogP contribution in [-0.2, 0) is 13.5 Å². The Bertz CT molecular complexity index is 753. The number of ether oxygens (including phenoxy) is 1. The number of hydrogen-bond donors (Lipinski definition) is 0. The number of aryl methyl sites for hydroxylation is 1. The molecule has 1 atom stereocenters. The lowest BCUT2D eigenvalue weighted by Crippen LogP contribution is -2.29. The van der Waals surface area contributed by atoms with E-state index in [4.69, 9.17) is 4.74 Å². The van der Waals surface area contributed by atoms with Gasteiger partial charge in [-0.2, -0.15) is 5.10 Å². The average molecular weight is 340 g/mol. The quantitative estimate of drug-likeness (QED) is 0.839. The minimum atomic E-state index is 0.0783. The van der Waals surface area contributed by atoms with E-state index in [0.717, 1.165) is 38.8 Å². The molecule has 1 aliphatic heterocycles. The van der Waals surface area contributed by atoms with E-state index in [-0.39, 0.29) is 12.0 Å². The third kappa shape index (κ3) is 3.67. The Kier molecular flexibility index (Phi) is 4.42. The number of nitrogens with zero attached hydrogens (tertiary/aromatic N) is 4. The highest BCUT2D eigenvalue weighted by molar-refractivity contribution is 5.94. The van der Waals surface area contributed by atoms with Crippen LogP contribution >= 0.6 is 0 Å². The smallest absolute Gasteiger partial charge is 0.254 e. The van der Waals surface area contributed by atoms with Gasteiger partial charge in [0.05, 0.1) is 6.20 Å². The molecule has 25 heavy (non-hydrogen) atoms. The van der Waals surface area contributed by atoms with E-state index in [9.17, 15) is 4.79 Å². The van der Waals surface area contributed by atoms with E-state index in [1.54, 1.807) is 18.3 Å². The van der Waals surface area contributed by atoms with Crippen LogP contribution in [0.4, 0.5) is 0 Å². The van der Waals surface area contributed by atoms with Gasteiger partial charge in [0.1, 0.15) is 6.10 Å². The second-order valence-electron chi connectivity index (χ2n) is 7.19. The van der Waals surface area contributed by atoms with Crippen molar-refractivity contribution in [2.75, 3.05) is 13.1 Å². The lowest BCUT2D eigenvalue weighted by molar-refractivity contribution is 0.0784. The molecule has 2 aliphatic rings. The number of rotatable bonds is 5. The lowest BCUT2D eigenvalue weighted by Gasteiger charge is -2.25. The standard InChI is InChI=1S/C19H24N4O2/c1-22-12-15(11-21-22)9-14-6-8-23(13-14)19(24)16-5-7-20-18(10-16)25-17-3-2-4-17/h5,7,10-12,14,17H,2-4,6,8-9,13H2,1H3/t14-/m1/s1. The predicted octanol–water partition coefficient (Wildman–Crippen LogP) is 2.45. The maximum Gasteiger partial charge on any atom is 0.254 e. The van der Waals surface area contributed by atoms with Crippen LogP contribution in [0.1, 0.15) is 41.6 Å². The first kappa shape index (κ1) is 16.1. The van der Waals surface area contributed by atoms with Gasteiger partial charge in [0.25, 0.3) is 5.91 Å². The van der Waals surface area contributed by atoms with Gasteiger partial charge in [-0.3, -0.25) is 9.48 Å².